The van der Waals surface area contributed by atoms with E-state index in [0.717, 1.165) is 31.7 Å². The van der Waals surface area contributed by atoms with Crippen LogP contribution in [0, 0.1) is 5.92 Å². The molecule has 2 fully saturated rings. The minimum Gasteiger partial charge on any atom is -0.464 e. The zero-order chi connectivity index (χ0) is 13.7. The van der Waals surface area contributed by atoms with Gasteiger partial charge in [0.2, 0.25) is 5.91 Å². The zero-order valence-electron chi connectivity index (χ0n) is 11.4. The van der Waals surface area contributed by atoms with Crippen molar-refractivity contribution in [2.24, 2.45) is 5.92 Å². The molecule has 0 aromatic rings. The van der Waals surface area contributed by atoms with Gasteiger partial charge < -0.3 is 15.0 Å². The number of rotatable bonds is 3. The highest BCUT2D eigenvalue weighted by atomic mass is 32.2. The maximum Gasteiger partial charge on any atom is 0.329 e. The number of ether oxygens (including phenoxy) is 1. The molecule has 0 saturated carbocycles. The van der Waals surface area contributed by atoms with Crippen molar-refractivity contribution in [2.45, 2.75) is 25.8 Å². The molecule has 2 aliphatic heterocycles. The van der Waals surface area contributed by atoms with Gasteiger partial charge in [0.15, 0.2) is 0 Å². The van der Waals surface area contributed by atoms with E-state index in [1.54, 1.807) is 23.6 Å². The molecule has 0 bridgehead atoms. The summed E-state index contributed by atoms with van der Waals surface area (Å²) in [5, 5.41) is 3.26. The van der Waals surface area contributed by atoms with Crippen molar-refractivity contribution in [3.05, 3.63) is 0 Å². The Morgan fingerprint density at radius 1 is 1.47 bits per heavy atom. The molecule has 2 atom stereocenters. The molecule has 2 saturated heterocycles. The van der Waals surface area contributed by atoms with E-state index in [2.05, 4.69) is 5.32 Å². The van der Waals surface area contributed by atoms with Crippen LogP contribution in [0.25, 0.3) is 0 Å². The van der Waals surface area contributed by atoms with Crippen LogP contribution >= 0.6 is 11.8 Å². The molecule has 0 aromatic carbocycles. The van der Waals surface area contributed by atoms with Crippen molar-refractivity contribution in [1.29, 1.82) is 0 Å². The average molecular weight is 286 g/mol. The number of hydrogen-bond acceptors (Lipinski definition) is 5. The first-order valence-corrected chi connectivity index (χ1v) is 8.15. The SMILES string of the molecule is CCOC(=O)C1CSCCN1C(=O)[C@H]1CCCNC1. The summed E-state index contributed by atoms with van der Waals surface area (Å²) in [6.07, 6.45) is 1.95. The third kappa shape index (κ3) is 3.63. The first kappa shape index (κ1) is 14.7. The summed E-state index contributed by atoms with van der Waals surface area (Å²) in [6.45, 7) is 4.54. The lowest BCUT2D eigenvalue weighted by Crippen LogP contribution is -2.54. The first-order valence-electron chi connectivity index (χ1n) is 6.99. The molecule has 0 radical (unpaired) electrons. The summed E-state index contributed by atoms with van der Waals surface area (Å²) < 4.78 is 5.09. The van der Waals surface area contributed by atoms with Crippen molar-refractivity contribution in [3.63, 3.8) is 0 Å². The lowest BCUT2D eigenvalue weighted by molar-refractivity contribution is -0.155. The molecule has 5 nitrogen and oxygen atoms in total. The van der Waals surface area contributed by atoms with Gasteiger partial charge in [-0.3, -0.25) is 4.79 Å². The third-order valence-electron chi connectivity index (χ3n) is 3.62. The van der Waals surface area contributed by atoms with Crippen LogP contribution in [0.3, 0.4) is 0 Å². The van der Waals surface area contributed by atoms with Gasteiger partial charge in [-0.1, -0.05) is 0 Å². The second kappa shape index (κ2) is 7.14. The standard InChI is InChI=1S/C13H22N2O3S/c1-2-18-13(17)11-9-19-7-6-15(11)12(16)10-4-3-5-14-8-10/h10-11,14H,2-9H2,1H3/t10-,11?/m0/s1. The fraction of sp³-hybridized carbons (Fsp3) is 0.846. The fourth-order valence-electron chi connectivity index (χ4n) is 2.60. The normalized spacial score (nSPS) is 27.9. The molecule has 2 aliphatic rings. The summed E-state index contributed by atoms with van der Waals surface area (Å²) in [5.41, 5.74) is 0. The summed E-state index contributed by atoms with van der Waals surface area (Å²) >= 11 is 1.71. The molecule has 2 rings (SSSR count). The van der Waals surface area contributed by atoms with Gasteiger partial charge in [0.25, 0.3) is 0 Å². The number of carbonyl (C=O) groups excluding carboxylic acids is 2. The second-order valence-corrected chi connectivity index (χ2v) is 6.07. The van der Waals surface area contributed by atoms with E-state index >= 15 is 0 Å². The Morgan fingerprint density at radius 3 is 3.00 bits per heavy atom. The lowest BCUT2D eigenvalue weighted by Gasteiger charge is -2.36. The Hall–Kier alpha value is -0.750. The molecular formula is C13H22N2O3S. The van der Waals surface area contributed by atoms with Crippen LogP contribution in [0.15, 0.2) is 0 Å². The number of amides is 1. The van der Waals surface area contributed by atoms with Gasteiger partial charge in [-0.2, -0.15) is 11.8 Å². The lowest BCUT2D eigenvalue weighted by atomic mass is 9.97. The molecule has 6 heteroatoms. The molecule has 0 aromatic heterocycles. The van der Waals surface area contributed by atoms with Gasteiger partial charge >= 0.3 is 5.97 Å². The molecule has 108 valence electrons. The quantitative estimate of drug-likeness (QED) is 0.765. The van der Waals surface area contributed by atoms with E-state index in [4.69, 9.17) is 4.74 Å². The monoisotopic (exact) mass is 286 g/mol. The maximum atomic E-state index is 12.5. The zero-order valence-corrected chi connectivity index (χ0v) is 12.2. The Bertz CT molecular complexity index is 332. The van der Waals surface area contributed by atoms with Crippen LogP contribution in [-0.2, 0) is 14.3 Å². The largest absolute Gasteiger partial charge is 0.464 e. The van der Waals surface area contributed by atoms with Crippen LogP contribution in [0.2, 0.25) is 0 Å². The summed E-state index contributed by atoms with van der Waals surface area (Å²) in [6, 6.07) is -0.395. The summed E-state index contributed by atoms with van der Waals surface area (Å²) in [7, 11) is 0. The molecule has 1 unspecified atom stereocenters. The molecular weight excluding hydrogens is 264 g/mol. The number of thioether (sulfide) groups is 1. The smallest absolute Gasteiger partial charge is 0.329 e. The van der Waals surface area contributed by atoms with Crippen LogP contribution in [0.4, 0.5) is 0 Å². The Morgan fingerprint density at radius 2 is 2.32 bits per heavy atom. The molecule has 19 heavy (non-hydrogen) atoms. The van der Waals surface area contributed by atoms with E-state index in [1.807, 2.05) is 0 Å². The number of hydrogen-bond donors (Lipinski definition) is 1. The topological polar surface area (TPSA) is 58.6 Å². The van der Waals surface area contributed by atoms with Crippen molar-refractivity contribution in [1.82, 2.24) is 10.2 Å². The van der Waals surface area contributed by atoms with Crippen molar-refractivity contribution in [2.75, 3.05) is 37.7 Å². The van der Waals surface area contributed by atoms with E-state index in [-0.39, 0.29) is 17.8 Å². The highest BCUT2D eigenvalue weighted by Crippen LogP contribution is 2.22. The van der Waals surface area contributed by atoms with Crippen LogP contribution in [-0.4, -0.2) is 60.6 Å². The predicted octanol–water partition coefficient (Wildman–Crippen LogP) is 0.493. The van der Waals surface area contributed by atoms with Gasteiger partial charge in [0.05, 0.1) is 12.5 Å². The van der Waals surface area contributed by atoms with E-state index < -0.39 is 6.04 Å². The highest BCUT2D eigenvalue weighted by molar-refractivity contribution is 7.99. The Balaban J connectivity index is 2.01. The molecule has 2 heterocycles. The van der Waals surface area contributed by atoms with Crippen LogP contribution in [0.1, 0.15) is 19.8 Å². The molecule has 0 aliphatic carbocycles. The first-order chi connectivity index (χ1) is 9.24. The number of esters is 1. The molecule has 1 amide bonds. The van der Waals surface area contributed by atoms with E-state index in [1.165, 1.54) is 0 Å². The summed E-state index contributed by atoms with van der Waals surface area (Å²) in [5.74, 6) is 1.44. The summed E-state index contributed by atoms with van der Waals surface area (Å²) in [4.78, 5) is 26.2. The minimum atomic E-state index is -0.395. The van der Waals surface area contributed by atoms with E-state index in [9.17, 15) is 9.59 Å². The Kier molecular flexibility index (Phi) is 5.51. The number of piperidine rings is 1. The van der Waals surface area contributed by atoms with Crippen molar-refractivity contribution < 1.29 is 14.3 Å². The van der Waals surface area contributed by atoms with Crippen LogP contribution < -0.4 is 5.32 Å². The van der Waals surface area contributed by atoms with Gasteiger partial charge in [-0.05, 0) is 26.3 Å². The predicted molar refractivity (Wildman–Crippen MR) is 75.1 cm³/mol. The van der Waals surface area contributed by atoms with Gasteiger partial charge in [0.1, 0.15) is 6.04 Å². The molecule has 1 N–H and O–H groups in total. The Labute approximate surface area is 118 Å². The van der Waals surface area contributed by atoms with E-state index in [0.29, 0.717) is 18.9 Å². The fourth-order valence-corrected chi connectivity index (χ4v) is 3.63. The van der Waals surface area contributed by atoms with Crippen molar-refractivity contribution >= 4 is 23.6 Å². The third-order valence-corrected chi connectivity index (χ3v) is 4.64. The van der Waals surface area contributed by atoms with Gasteiger partial charge in [-0.15, -0.1) is 0 Å². The second-order valence-electron chi connectivity index (χ2n) is 4.92. The van der Waals surface area contributed by atoms with Gasteiger partial charge in [-0.25, -0.2) is 4.79 Å². The average Bonchev–Trinajstić information content (AvgIpc) is 2.47. The van der Waals surface area contributed by atoms with Gasteiger partial charge in [0, 0.05) is 24.6 Å². The number of nitrogens with one attached hydrogen (secondary N) is 1. The van der Waals surface area contributed by atoms with Crippen LogP contribution in [0.5, 0.6) is 0 Å². The number of carbonyl (C=O) groups is 2. The number of nitrogens with zero attached hydrogens (tertiary/aromatic N) is 1. The molecule has 0 spiro atoms. The maximum absolute atomic E-state index is 12.5. The minimum absolute atomic E-state index is 0.0220. The highest BCUT2D eigenvalue weighted by Gasteiger charge is 2.36. The van der Waals surface area contributed by atoms with Crippen molar-refractivity contribution in [3.8, 4) is 0 Å².